The van der Waals surface area contributed by atoms with Crippen molar-refractivity contribution in [3.63, 3.8) is 0 Å². The monoisotopic (exact) mass is 390 g/mol. The summed E-state index contributed by atoms with van der Waals surface area (Å²) in [5, 5.41) is 39.0. The van der Waals surface area contributed by atoms with E-state index in [1.54, 1.807) is 12.1 Å². The summed E-state index contributed by atoms with van der Waals surface area (Å²) in [6.07, 6.45) is 3.57. The third kappa shape index (κ3) is 3.01. The Morgan fingerprint density at radius 2 is 1.71 bits per heavy atom. The molecule has 0 radical (unpaired) electrons. The molecule has 28 heavy (non-hydrogen) atoms. The number of nitriles is 3. The molecule has 1 aromatic rings. The highest BCUT2D eigenvalue weighted by Crippen LogP contribution is 2.56. The lowest BCUT2D eigenvalue weighted by molar-refractivity contribution is 0.171. The molecule has 2 aliphatic rings. The summed E-state index contributed by atoms with van der Waals surface area (Å²) in [5.41, 5.74) is -0.0416. The maximum Gasteiger partial charge on any atom is 0.203 e. The van der Waals surface area contributed by atoms with E-state index in [4.69, 9.17) is 17.0 Å². The van der Waals surface area contributed by atoms with Gasteiger partial charge in [-0.3, -0.25) is 0 Å². The first-order valence-corrected chi connectivity index (χ1v) is 9.84. The van der Waals surface area contributed by atoms with E-state index in [0.717, 1.165) is 18.4 Å². The third-order valence-corrected chi connectivity index (χ3v) is 6.71. The van der Waals surface area contributed by atoms with Crippen molar-refractivity contribution in [2.24, 2.45) is 28.6 Å². The minimum Gasteiger partial charge on any atom is -0.305 e. The maximum absolute atomic E-state index is 9.93. The van der Waals surface area contributed by atoms with E-state index >= 15 is 0 Å². The number of benzene rings is 1. The van der Waals surface area contributed by atoms with E-state index in [1.165, 1.54) is 0 Å². The summed E-state index contributed by atoms with van der Waals surface area (Å²) in [4.78, 5) is 0. The van der Waals surface area contributed by atoms with Gasteiger partial charge in [0.05, 0.1) is 29.8 Å². The van der Waals surface area contributed by atoms with E-state index in [9.17, 15) is 15.8 Å². The van der Waals surface area contributed by atoms with Gasteiger partial charge in [0, 0.05) is 10.9 Å². The zero-order chi connectivity index (χ0) is 20.7. The number of fused-ring (bicyclic) bond motifs is 1. The smallest absolute Gasteiger partial charge is 0.203 e. The molecule has 4 atom stereocenters. The molecule has 2 aliphatic carbocycles. The summed E-state index contributed by atoms with van der Waals surface area (Å²) >= 11 is 6.06. The molecular weight excluding hydrogens is 368 g/mol. The number of hydrogen-bond acceptors (Lipinski definition) is 4. The molecule has 5 heteroatoms. The van der Waals surface area contributed by atoms with Gasteiger partial charge in [0.25, 0.3) is 0 Å². The lowest BCUT2D eigenvalue weighted by Crippen LogP contribution is -2.49. The Hall–Kier alpha value is -2.61. The van der Waals surface area contributed by atoms with Crippen molar-refractivity contribution >= 4 is 17.3 Å². The molecule has 1 N–H and O–H groups in total. The van der Waals surface area contributed by atoms with E-state index in [-0.39, 0.29) is 23.0 Å². The molecule has 1 fully saturated rings. The number of allylic oxidation sites excluding steroid dienone is 2. The molecule has 1 saturated carbocycles. The second kappa shape index (κ2) is 7.09. The first kappa shape index (κ1) is 20.1. The van der Waals surface area contributed by atoms with Crippen LogP contribution in [0.5, 0.6) is 0 Å². The highest BCUT2D eigenvalue weighted by molar-refractivity contribution is 6.30. The van der Waals surface area contributed by atoms with Crippen LogP contribution < -0.4 is 0 Å². The van der Waals surface area contributed by atoms with Crippen LogP contribution in [0.15, 0.2) is 35.9 Å². The van der Waals surface area contributed by atoms with Crippen molar-refractivity contribution in [3.05, 3.63) is 46.5 Å². The summed E-state index contributed by atoms with van der Waals surface area (Å²) in [6, 6.07) is 13.8. The summed E-state index contributed by atoms with van der Waals surface area (Å²) in [5.74, 6) is -0.836. The highest BCUT2D eigenvalue weighted by Gasteiger charge is 2.57. The van der Waals surface area contributed by atoms with Crippen LogP contribution in [0.2, 0.25) is 5.02 Å². The molecule has 0 amide bonds. The van der Waals surface area contributed by atoms with Gasteiger partial charge in [-0.25, -0.2) is 0 Å². The quantitative estimate of drug-likeness (QED) is 0.629. The van der Waals surface area contributed by atoms with Crippen molar-refractivity contribution in [1.29, 1.82) is 21.2 Å². The minimum absolute atomic E-state index is 0.0710. The second-order valence-corrected chi connectivity index (χ2v) is 9.31. The fourth-order valence-electron chi connectivity index (χ4n) is 4.76. The molecule has 142 valence electrons. The second-order valence-electron chi connectivity index (χ2n) is 8.87. The van der Waals surface area contributed by atoms with Gasteiger partial charge in [0.15, 0.2) is 0 Å². The zero-order valence-corrected chi connectivity index (χ0v) is 17.1. The zero-order valence-electron chi connectivity index (χ0n) is 16.3. The Morgan fingerprint density at radius 1 is 1.11 bits per heavy atom. The van der Waals surface area contributed by atoms with Crippen LogP contribution in [0.25, 0.3) is 0 Å². The van der Waals surface area contributed by atoms with Gasteiger partial charge < -0.3 is 5.41 Å². The molecule has 0 heterocycles. The van der Waals surface area contributed by atoms with Crippen LogP contribution in [0.1, 0.15) is 45.1 Å². The predicted molar refractivity (Wildman–Crippen MR) is 108 cm³/mol. The SMILES string of the molecule is CC(C)(C)[C@@H]1CC=C2[C@H](C1)[C@@H](c1ccc(Cl)cc1)[C@@H](C#N)C(=N)C2(C#N)C#N. The topological polar surface area (TPSA) is 95.2 Å². The highest BCUT2D eigenvalue weighted by atomic mass is 35.5. The van der Waals surface area contributed by atoms with Crippen LogP contribution in [-0.2, 0) is 0 Å². The number of nitrogens with one attached hydrogen (secondary N) is 1. The maximum atomic E-state index is 9.93. The molecular formula is C23H23ClN4. The van der Waals surface area contributed by atoms with Gasteiger partial charge in [0.1, 0.15) is 0 Å². The fourth-order valence-corrected chi connectivity index (χ4v) is 4.88. The molecule has 0 spiro atoms. The van der Waals surface area contributed by atoms with Crippen molar-refractivity contribution in [3.8, 4) is 18.2 Å². The van der Waals surface area contributed by atoms with E-state index < -0.39 is 11.3 Å². The molecule has 1 aromatic carbocycles. The lowest BCUT2D eigenvalue weighted by Gasteiger charge is -2.48. The van der Waals surface area contributed by atoms with Gasteiger partial charge in [-0.2, -0.15) is 15.8 Å². The molecule has 0 saturated heterocycles. The largest absolute Gasteiger partial charge is 0.305 e. The average Bonchev–Trinajstić information content (AvgIpc) is 2.67. The molecule has 0 unspecified atom stereocenters. The Kier molecular flexibility index (Phi) is 5.10. The van der Waals surface area contributed by atoms with Crippen LogP contribution >= 0.6 is 11.6 Å². The Morgan fingerprint density at radius 3 is 2.21 bits per heavy atom. The summed E-state index contributed by atoms with van der Waals surface area (Å²) in [6.45, 7) is 6.59. The van der Waals surface area contributed by atoms with Crippen molar-refractivity contribution in [1.82, 2.24) is 0 Å². The van der Waals surface area contributed by atoms with Crippen LogP contribution in [0, 0.1) is 68.0 Å². The average molecular weight is 391 g/mol. The number of hydrogen-bond donors (Lipinski definition) is 1. The van der Waals surface area contributed by atoms with Gasteiger partial charge in [-0.15, -0.1) is 0 Å². The standard InChI is InChI=1S/C23H23ClN4/c1-22(2,3)15-6-9-19-17(10-15)20(14-4-7-16(24)8-5-14)18(11-25)21(28)23(19,12-26)13-27/h4-5,7-9,15,17-18,20,28H,6,10H2,1-3H3/t15-,17+,18-,20-/m1/s1. The van der Waals surface area contributed by atoms with Crippen molar-refractivity contribution in [2.75, 3.05) is 0 Å². The van der Waals surface area contributed by atoms with Gasteiger partial charge in [0.2, 0.25) is 5.41 Å². The van der Waals surface area contributed by atoms with Gasteiger partial charge >= 0.3 is 0 Å². The van der Waals surface area contributed by atoms with E-state index in [2.05, 4.69) is 39.0 Å². The van der Waals surface area contributed by atoms with Gasteiger partial charge in [-0.1, -0.05) is 50.6 Å². The normalized spacial score (nSPS) is 28.9. The number of halogens is 1. The summed E-state index contributed by atoms with van der Waals surface area (Å²) in [7, 11) is 0. The summed E-state index contributed by atoms with van der Waals surface area (Å²) < 4.78 is 0. The molecule has 0 aliphatic heterocycles. The molecule has 0 aromatic heterocycles. The van der Waals surface area contributed by atoms with Gasteiger partial charge in [-0.05, 0) is 53.4 Å². The Balaban J connectivity index is 2.22. The predicted octanol–water partition coefficient (Wildman–Crippen LogP) is 5.63. The third-order valence-electron chi connectivity index (χ3n) is 6.45. The van der Waals surface area contributed by atoms with Crippen molar-refractivity contribution in [2.45, 2.75) is 39.5 Å². The lowest BCUT2D eigenvalue weighted by atomic mass is 9.52. The number of nitrogens with zero attached hydrogens (tertiary/aromatic N) is 3. The van der Waals surface area contributed by atoms with Crippen molar-refractivity contribution < 1.29 is 0 Å². The Labute approximate surface area is 171 Å². The molecule has 0 bridgehead atoms. The Bertz CT molecular complexity index is 933. The van der Waals surface area contributed by atoms with Crippen LogP contribution in [0.4, 0.5) is 0 Å². The van der Waals surface area contributed by atoms with E-state index in [0.29, 0.717) is 16.5 Å². The molecule has 4 nitrogen and oxygen atoms in total. The first-order chi connectivity index (χ1) is 13.2. The van der Waals surface area contributed by atoms with Crippen LogP contribution in [-0.4, -0.2) is 5.71 Å². The first-order valence-electron chi connectivity index (χ1n) is 9.46. The fraction of sp³-hybridized carbons (Fsp3) is 0.478. The number of rotatable bonds is 1. The van der Waals surface area contributed by atoms with E-state index in [1.807, 2.05) is 18.2 Å². The molecule has 3 rings (SSSR count). The minimum atomic E-state index is -1.64. The van der Waals surface area contributed by atoms with Crippen LogP contribution in [0.3, 0.4) is 0 Å².